The molecule has 1 aliphatic rings. The summed E-state index contributed by atoms with van der Waals surface area (Å²) in [6.45, 7) is 5.41. The minimum Gasteiger partial charge on any atom is -0.381 e. The average molecular weight is 268 g/mol. The van der Waals surface area contributed by atoms with Crippen molar-refractivity contribution in [1.29, 1.82) is 0 Å². The molecule has 4 heteroatoms. The first-order chi connectivity index (χ1) is 8.59. The summed E-state index contributed by atoms with van der Waals surface area (Å²) in [4.78, 5) is 12.2. The maximum Gasteiger partial charge on any atom is 0.251 e. The smallest absolute Gasteiger partial charge is 0.251 e. The molecule has 98 valence electrons. The Labute approximate surface area is 112 Å². The molecule has 18 heavy (non-hydrogen) atoms. The summed E-state index contributed by atoms with van der Waals surface area (Å²) in [5.41, 5.74) is 1.47. The quantitative estimate of drug-likeness (QED) is 0.915. The number of nitrogens with one attached hydrogen (secondary N) is 1. The Morgan fingerprint density at radius 1 is 1.56 bits per heavy atom. The van der Waals surface area contributed by atoms with Gasteiger partial charge in [-0.15, -0.1) is 0 Å². The van der Waals surface area contributed by atoms with Gasteiger partial charge in [-0.05, 0) is 38.0 Å². The molecule has 1 saturated heterocycles. The van der Waals surface area contributed by atoms with E-state index in [-0.39, 0.29) is 11.9 Å². The van der Waals surface area contributed by atoms with Crippen LogP contribution in [0.1, 0.15) is 29.3 Å². The van der Waals surface area contributed by atoms with Gasteiger partial charge >= 0.3 is 0 Å². The van der Waals surface area contributed by atoms with Crippen molar-refractivity contribution >= 4 is 17.5 Å². The van der Waals surface area contributed by atoms with Crippen molar-refractivity contribution in [3.8, 4) is 0 Å². The monoisotopic (exact) mass is 267 g/mol. The second-order valence-corrected chi connectivity index (χ2v) is 5.21. The fourth-order valence-electron chi connectivity index (χ4n) is 2.20. The summed E-state index contributed by atoms with van der Waals surface area (Å²) >= 11 is 6.02. The lowest BCUT2D eigenvalue weighted by atomic mass is 10.00. The molecule has 0 bridgehead atoms. The van der Waals surface area contributed by atoms with Gasteiger partial charge in [0.2, 0.25) is 0 Å². The lowest BCUT2D eigenvalue weighted by molar-refractivity contribution is 0.0921. The van der Waals surface area contributed by atoms with E-state index in [1.54, 1.807) is 18.2 Å². The molecule has 1 N–H and O–H groups in total. The maximum atomic E-state index is 12.2. The molecule has 1 amide bonds. The summed E-state index contributed by atoms with van der Waals surface area (Å²) in [6.07, 6.45) is 1.01. The van der Waals surface area contributed by atoms with Gasteiger partial charge in [0.15, 0.2) is 0 Å². The second-order valence-electron chi connectivity index (χ2n) is 4.80. The van der Waals surface area contributed by atoms with Crippen molar-refractivity contribution in [2.75, 3.05) is 13.2 Å². The van der Waals surface area contributed by atoms with E-state index in [2.05, 4.69) is 5.32 Å². The van der Waals surface area contributed by atoms with Crippen LogP contribution in [0.25, 0.3) is 0 Å². The molecule has 2 atom stereocenters. The van der Waals surface area contributed by atoms with E-state index >= 15 is 0 Å². The second kappa shape index (κ2) is 5.72. The molecule has 0 spiro atoms. The highest BCUT2D eigenvalue weighted by molar-refractivity contribution is 6.31. The van der Waals surface area contributed by atoms with Gasteiger partial charge in [0.25, 0.3) is 5.91 Å². The van der Waals surface area contributed by atoms with Crippen LogP contribution >= 0.6 is 11.6 Å². The number of hydrogen-bond acceptors (Lipinski definition) is 2. The van der Waals surface area contributed by atoms with Crippen LogP contribution in [0.15, 0.2) is 18.2 Å². The van der Waals surface area contributed by atoms with E-state index < -0.39 is 0 Å². The Morgan fingerprint density at radius 3 is 3.00 bits per heavy atom. The molecule has 0 aliphatic carbocycles. The summed E-state index contributed by atoms with van der Waals surface area (Å²) in [5, 5.41) is 3.65. The first kappa shape index (κ1) is 13.4. The van der Waals surface area contributed by atoms with E-state index in [4.69, 9.17) is 16.3 Å². The molecule has 0 aromatic heterocycles. The van der Waals surface area contributed by atoms with Crippen LogP contribution in [-0.4, -0.2) is 25.2 Å². The Hall–Kier alpha value is -1.06. The molecule has 0 radical (unpaired) electrons. The molecular weight excluding hydrogens is 250 g/mol. The van der Waals surface area contributed by atoms with Crippen LogP contribution in [0.3, 0.4) is 0 Å². The van der Waals surface area contributed by atoms with Crippen LogP contribution in [0.2, 0.25) is 5.02 Å². The zero-order valence-electron chi connectivity index (χ0n) is 10.7. The number of ether oxygens (including phenoxy) is 1. The predicted molar refractivity (Wildman–Crippen MR) is 72.0 cm³/mol. The van der Waals surface area contributed by atoms with Gasteiger partial charge in [-0.2, -0.15) is 0 Å². The van der Waals surface area contributed by atoms with Crippen molar-refractivity contribution < 1.29 is 9.53 Å². The van der Waals surface area contributed by atoms with Crippen molar-refractivity contribution in [2.45, 2.75) is 26.3 Å². The first-order valence-corrected chi connectivity index (χ1v) is 6.61. The van der Waals surface area contributed by atoms with Crippen LogP contribution in [0.5, 0.6) is 0 Å². The Kier molecular flexibility index (Phi) is 4.25. The topological polar surface area (TPSA) is 38.3 Å². The van der Waals surface area contributed by atoms with Gasteiger partial charge in [-0.1, -0.05) is 17.7 Å². The van der Waals surface area contributed by atoms with Crippen LogP contribution in [-0.2, 0) is 4.74 Å². The SMILES string of the molecule is Cc1c(Cl)cccc1C(=O)N[C@@H](C)[C@H]1CCOC1. The van der Waals surface area contributed by atoms with Crippen molar-refractivity contribution in [1.82, 2.24) is 5.32 Å². The Bertz CT molecular complexity index is 441. The normalized spacial score (nSPS) is 20.7. The summed E-state index contributed by atoms with van der Waals surface area (Å²) < 4.78 is 5.34. The molecule has 0 saturated carbocycles. The predicted octanol–water partition coefficient (Wildman–Crippen LogP) is 2.80. The summed E-state index contributed by atoms with van der Waals surface area (Å²) in [6, 6.07) is 5.52. The van der Waals surface area contributed by atoms with Gasteiger partial charge in [0.05, 0.1) is 6.61 Å². The molecule has 1 fully saturated rings. The van der Waals surface area contributed by atoms with Crippen molar-refractivity contribution in [3.63, 3.8) is 0 Å². The summed E-state index contributed by atoms with van der Waals surface area (Å²) in [5.74, 6) is 0.350. The molecule has 3 nitrogen and oxygen atoms in total. The van der Waals surface area contributed by atoms with E-state index in [1.165, 1.54) is 0 Å². The van der Waals surface area contributed by atoms with Crippen LogP contribution in [0, 0.1) is 12.8 Å². The lowest BCUT2D eigenvalue weighted by Gasteiger charge is -2.20. The fraction of sp³-hybridized carbons (Fsp3) is 0.500. The third kappa shape index (κ3) is 2.85. The van der Waals surface area contributed by atoms with Gasteiger partial charge in [-0.3, -0.25) is 4.79 Å². The number of halogens is 1. The van der Waals surface area contributed by atoms with E-state index in [9.17, 15) is 4.79 Å². The third-order valence-electron chi connectivity index (χ3n) is 3.54. The van der Waals surface area contributed by atoms with Crippen molar-refractivity contribution in [2.24, 2.45) is 5.92 Å². The number of amides is 1. The van der Waals surface area contributed by atoms with Gasteiger partial charge in [-0.25, -0.2) is 0 Å². The first-order valence-electron chi connectivity index (χ1n) is 6.23. The average Bonchev–Trinajstić information content (AvgIpc) is 2.86. The molecule has 0 unspecified atom stereocenters. The van der Waals surface area contributed by atoms with Crippen LogP contribution in [0.4, 0.5) is 0 Å². The highest BCUT2D eigenvalue weighted by Gasteiger charge is 2.24. The van der Waals surface area contributed by atoms with Gasteiger partial charge in [0.1, 0.15) is 0 Å². The van der Waals surface area contributed by atoms with Gasteiger partial charge < -0.3 is 10.1 Å². The van der Waals surface area contributed by atoms with Gasteiger partial charge in [0, 0.05) is 29.2 Å². The Morgan fingerprint density at radius 2 is 2.33 bits per heavy atom. The number of rotatable bonds is 3. The molecular formula is C14H18ClNO2. The number of carbonyl (C=O) groups excluding carboxylic acids is 1. The third-order valence-corrected chi connectivity index (χ3v) is 3.95. The standard InChI is InChI=1S/C14H18ClNO2/c1-9-12(4-3-5-13(9)15)14(17)16-10(2)11-6-7-18-8-11/h3-5,10-11H,6-8H2,1-2H3,(H,16,17)/t10-,11-/m0/s1. The largest absolute Gasteiger partial charge is 0.381 e. The number of benzene rings is 1. The number of hydrogen-bond donors (Lipinski definition) is 1. The molecule has 1 aromatic carbocycles. The number of carbonyl (C=O) groups is 1. The zero-order valence-corrected chi connectivity index (χ0v) is 11.5. The van der Waals surface area contributed by atoms with E-state index in [0.717, 1.165) is 25.2 Å². The van der Waals surface area contributed by atoms with E-state index in [0.29, 0.717) is 16.5 Å². The molecule has 1 aliphatic heterocycles. The molecule has 1 heterocycles. The minimum absolute atomic E-state index is 0.0607. The minimum atomic E-state index is -0.0607. The highest BCUT2D eigenvalue weighted by Crippen LogP contribution is 2.20. The van der Waals surface area contributed by atoms with Crippen molar-refractivity contribution in [3.05, 3.63) is 34.3 Å². The fourth-order valence-corrected chi connectivity index (χ4v) is 2.38. The maximum absolute atomic E-state index is 12.2. The zero-order chi connectivity index (χ0) is 13.1. The molecule has 1 aromatic rings. The Balaban J connectivity index is 2.05. The molecule has 2 rings (SSSR count). The lowest BCUT2D eigenvalue weighted by Crippen LogP contribution is -2.38. The highest BCUT2D eigenvalue weighted by atomic mass is 35.5. The van der Waals surface area contributed by atoms with E-state index in [1.807, 2.05) is 13.8 Å². The van der Waals surface area contributed by atoms with Crippen LogP contribution < -0.4 is 5.32 Å². The summed E-state index contributed by atoms with van der Waals surface area (Å²) in [7, 11) is 0.